The molecule has 0 atom stereocenters. The molecule has 0 spiro atoms. The van der Waals surface area contributed by atoms with E-state index in [9.17, 15) is 13.2 Å². The molecular formula is C17H16N2O4S. The summed E-state index contributed by atoms with van der Waals surface area (Å²) >= 11 is 0. The first-order chi connectivity index (χ1) is 11.2. The summed E-state index contributed by atoms with van der Waals surface area (Å²) in [6.07, 6.45) is 0.242. The van der Waals surface area contributed by atoms with Crippen LogP contribution in [0.25, 0.3) is 0 Å². The van der Waals surface area contributed by atoms with Gasteiger partial charge in [-0.3, -0.25) is 4.72 Å². The van der Waals surface area contributed by atoms with Gasteiger partial charge in [-0.15, -0.1) is 0 Å². The van der Waals surface area contributed by atoms with E-state index in [-0.39, 0.29) is 16.9 Å². The number of carboxylic acid groups (broad SMARTS) is 1. The first-order valence-electron chi connectivity index (χ1n) is 7.08. The number of carbonyl (C=O) groups is 1. The van der Waals surface area contributed by atoms with Crippen LogP contribution in [0.5, 0.6) is 0 Å². The average molecular weight is 344 g/mol. The summed E-state index contributed by atoms with van der Waals surface area (Å²) in [5, 5.41) is 17.8. The quantitative estimate of drug-likeness (QED) is 0.867. The summed E-state index contributed by atoms with van der Waals surface area (Å²) in [4.78, 5) is 11.1. The molecule has 0 unspecified atom stereocenters. The standard InChI is InChI=1S/C17H16N2O4S/c1-11-9-14(17(20)21)10-16(12(11)2)24(22,23)19-15-5-3-13(4-6-15)7-8-18/h3-6,9-10,19H,7H2,1-2H3,(H,20,21). The Kier molecular flexibility index (Phi) is 4.90. The minimum Gasteiger partial charge on any atom is -0.478 e. The Morgan fingerprint density at radius 3 is 2.38 bits per heavy atom. The normalized spacial score (nSPS) is 10.9. The highest BCUT2D eigenvalue weighted by Gasteiger charge is 2.21. The lowest BCUT2D eigenvalue weighted by atomic mass is 10.1. The predicted molar refractivity (Wildman–Crippen MR) is 89.4 cm³/mol. The Morgan fingerprint density at radius 1 is 1.21 bits per heavy atom. The zero-order valence-electron chi connectivity index (χ0n) is 13.2. The lowest BCUT2D eigenvalue weighted by Crippen LogP contribution is -2.16. The fourth-order valence-corrected chi connectivity index (χ4v) is 3.62. The molecule has 2 aromatic rings. The lowest BCUT2D eigenvalue weighted by Gasteiger charge is -2.13. The summed E-state index contributed by atoms with van der Waals surface area (Å²) in [5.41, 5.74) is 2.12. The number of hydrogen-bond acceptors (Lipinski definition) is 4. The molecule has 0 saturated carbocycles. The summed E-state index contributed by atoms with van der Waals surface area (Å²) < 4.78 is 27.6. The number of aryl methyl sites for hydroxylation is 1. The molecule has 0 radical (unpaired) electrons. The highest BCUT2D eigenvalue weighted by atomic mass is 32.2. The maximum absolute atomic E-state index is 12.6. The average Bonchev–Trinajstić information content (AvgIpc) is 2.51. The van der Waals surface area contributed by atoms with E-state index in [4.69, 9.17) is 10.4 Å². The third-order valence-electron chi connectivity index (χ3n) is 3.65. The van der Waals surface area contributed by atoms with Gasteiger partial charge in [0, 0.05) is 5.69 Å². The van der Waals surface area contributed by atoms with Gasteiger partial charge in [-0.05, 0) is 54.8 Å². The van der Waals surface area contributed by atoms with Crippen molar-refractivity contribution in [3.8, 4) is 6.07 Å². The molecule has 2 N–H and O–H groups in total. The number of nitrogens with one attached hydrogen (secondary N) is 1. The molecule has 7 heteroatoms. The predicted octanol–water partition coefficient (Wildman–Crippen LogP) is 2.87. The Labute approximate surface area is 140 Å². The summed E-state index contributed by atoms with van der Waals surface area (Å²) in [6, 6.07) is 11.0. The van der Waals surface area contributed by atoms with Gasteiger partial charge in [-0.25, -0.2) is 13.2 Å². The van der Waals surface area contributed by atoms with Crippen molar-refractivity contribution in [2.45, 2.75) is 25.2 Å². The lowest BCUT2D eigenvalue weighted by molar-refractivity contribution is 0.0696. The van der Waals surface area contributed by atoms with Crippen LogP contribution >= 0.6 is 0 Å². The number of nitrogens with zero attached hydrogens (tertiary/aromatic N) is 1. The molecule has 0 aliphatic rings. The van der Waals surface area contributed by atoms with Crippen molar-refractivity contribution in [2.75, 3.05) is 4.72 Å². The van der Waals surface area contributed by atoms with Crippen LogP contribution in [-0.4, -0.2) is 19.5 Å². The SMILES string of the molecule is Cc1cc(C(=O)O)cc(S(=O)(=O)Nc2ccc(CC#N)cc2)c1C. The topological polar surface area (TPSA) is 107 Å². The summed E-state index contributed by atoms with van der Waals surface area (Å²) in [6.45, 7) is 3.29. The van der Waals surface area contributed by atoms with Gasteiger partial charge in [-0.2, -0.15) is 5.26 Å². The number of sulfonamides is 1. The van der Waals surface area contributed by atoms with E-state index >= 15 is 0 Å². The number of aromatic carboxylic acids is 1. The van der Waals surface area contributed by atoms with E-state index in [0.717, 1.165) is 11.6 Å². The molecule has 0 aromatic heterocycles. The molecule has 0 amide bonds. The van der Waals surface area contributed by atoms with E-state index in [1.54, 1.807) is 38.1 Å². The highest BCUT2D eigenvalue weighted by molar-refractivity contribution is 7.92. The van der Waals surface area contributed by atoms with Crippen molar-refractivity contribution in [1.29, 1.82) is 5.26 Å². The van der Waals surface area contributed by atoms with Gasteiger partial charge in [0.2, 0.25) is 0 Å². The third-order valence-corrected chi connectivity index (χ3v) is 5.15. The highest BCUT2D eigenvalue weighted by Crippen LogP contribution is 2.24. The minimum atomic E-state index is -3.93. The molecule has 0 aliphatic heterocycles. The van der Waals surface area contributed by atoms with Crippen LogP contribution in [0.3, 0.4) is 0 Å². The summed E-state index contributed by atoms with van der Waals surface area (Å²) in [7, 11) is -3.93. The first kappa shape index (κ1) is 17.5. The van der Waals surface area contributed by atoms with E-state index in [1.807, 2.05) is 6.07 Å². The van der Waals surface area contributed by atoms with Crippen LogP contribution in [0.1, 0.15) is 27.0 Å². The molecule has 0 saturated heterocycles. The molecule has 2 aromatic carbocycles. The van der Waals surface area contributed by atoms with Crippen LogP contribution in [-0.2, 0) is 16.4 Å². The second-order valence-corrected chi connectivity index (χ2v) is 7.01. The summed E-state index contributed by atoms with van der Waals surface area (Å²) in [5.74, 6) is -1.18. The smallest absolute Gasteiger partial charge is 0.335 e. The first-order valence-corrected chi connectivity index (χ1v) is 8.56. The van der Waals surface area contributed by atoms with Gasteiger partial charge in [0.05, 0.1) is 22.9 Å². The molecule has 6 nitrogen and oxygen atoms in total. The molecule has 124 valence electrons. The molecule has 0 heterocycles. The number of anilines is 1. The van der Waals surface area contributed by atoms with Crippen LogP contribution in [0.2, 0.25) is 0 Å². The Balaban J connectivity index is 2.40. The Hall–Kier alpha value is -2.85. The Morgan fingerprint density at radius 2 is 1.83 bits per heavy atom. The molecular weight excluding hydrogens is 328 g/mol. The monoisotopic (exact) mass is 344 g/mol. The molecule has 24 heavy (non-hydrogen) atoms. The number of hydrogen-bond donors (Lipinski definition) is 2. The van der Waals surface area contributed by atoms with Crippen molar-refractivity contribution in [2.24, 2.45) is 0 Å². The van der Waals surface area contributed by atoms with E-state index in [0.29, 0.717) is 16.8 Å². The Bertz CT molecular complexity index is 926. The zero-order valence-corrected chi connectivity index (χ0v) is 14.0. The number of carboxylic acids is 1. The fraction of sp³-hybridized carbons (Fsp3) is 0.176. The number of rotatable bonds is 5. The van der Waals surface area contributed by atoms with Crippen molar-refractivity contribution in [1.82, 2.24) is 0 Å². The molecule has 2 rings (SSSR count). The van der Waals surface area contributed by atoms with Crippen LogP contribution in [0, 0.1) is 25.2 Å². The van der Waals surface area contributed by atoms with E-state index < -0.39 is 16.0 Å². The van der Waals surface area contributed by atoms with Crippen molar-refractivity contribution >= 4 is 21.7 Å². The van der Waals surface area contributed by atoms with E-state index in [2.05, 4.69) is 4.72 Å². The van der Waals surface area contributed by atoms with Gasteiger partial charge in [-0.1, -0.05) is 12.1 Å². The molecule has 0 fully saturated rings. The largest absolute Gasteiger partial charge is 0.478 e. The maximum Gasteiger partial charge on any atom is 0.335 e. The minimum absolute atomic E-state index is 0.0685. The van der Waals surface area contributed by atoms with Gasteiger partial charge in [0.25, 0.3) is 10.0 Å². The van der Waals surface area contributed by atoms with Crippen LogP contribution in [0.15, 0.2) is 41.3 Å². The van der Waals surface area contributed by atoms with Gasteiger partial charge < -0.3 is 5.11 Å². The van der Waals surface area contributed by atoms with Gasteiger partial charge in [0.15, 0.2) is 0 Å². The van der Waals surface area contributed by atoms with Crippen molar-refractivity contribution < 1.29 is 18.3 Å². The fourth-order valence-electron chi connectivity index (χ4n) is 2.22. The third kappa shape index (κ3) is 3.73. The van der Waals surface area contributed by atoms with E-state index in [1.165, 1.54) is 6.07 Å². The van der Waals surface area contributed by atoms with Gasteiger partial charge in [0.1, 0.15) is 0 Å². The van der Waals surface area contributed by atoms with Crippen LogP contribution in [0.4, 0.5) is 5.69 Å². The number of benzene rings is 2. The van der Waals surface area contributed by atoms with Crippen LogP contribution < -0.4 is 4.72 Å². The second-order valence-electron chi connectivity index (χ2n) is 5.36. The zero-order chi connectivity index (χ0) is 17.9. The second kappa shape index (κ2) is 6.72. The van der Waals surface area contributed by atoms with Crippen molar-refractivity contribution in [3.63, 3.8) is 0 Å². The molecule has 0 bridgehead atoms. The van der Waals surface area contributed by atoms with Gasteiger partial charge >= 0.3 is 5.97 Å². The maximum atomic E-state index is 12.6. The van der Waals surface area contributed by atoms with Crippen molar-refractivity contribution in [3.05, 3.63) is 58.7 Å². The molecule has 0 aliphatic carbocycles. The number of nitriles is 1.